The normalized spacial score (nSPS) is 18.8. The van der Waals surface area contributed by atoms with Crippen molar-refractivity contribution in [3.8, 4) is 0 Å². The number of anilines is 5. The van der Waals surface area contributed by atoms with Gasteiger partial charge in [0.1, 0.15) is 5.82 Å². The van der Waals surface area contributed by atoms with Gasteiger partial charge < -0.3 is 20.9 Å². The van der Waals surface area contributed by atoms with Gasteiger partial charge in [-0.1, -0.05) is 12.1 Å². The highest BCUT2D eigenvalue weighted by Crippen LogP contribution is 2.32. The summed E-state index contributed by atoms with van der Waals surface area (Å²) in [6, 6.07) is 17.3. The number of likely N-dealkylation sites (N-methyl/N-ethyl adjacent to an activating group) is 1. The molecule has 1 saturated carbocycles. The minimum atomic E-state index is -0.372. The number of piperazine rings is 1. The number of carbonyl (C=O) groups is 2. The van der Waals surface area contributed by atoms with Crippen LogP contribution >= 0.6 is 0 Å². The number of aromatic nitrogens is 3. The molecule has 7 rings (SSSR count). The Morgan fingerprint density at radius 3 is 2.51 bits per heavy atom. The lowest BCUT2D eigenvalue weighted by molar-refractivity contribution is -0.124. The third kappa shape index (κ3) is 6.52. The molecule has 43 heavy (non-hydrogen) atoms. The Morgan fingerprint density at radius 2 is 1.74 bits per heavy atom. The van der Waals surface area contributed by atoms with E-state index in [1.54, 1.807) is 16.8 Å². The van der Waals surface area contributed by atoms with E-state index in [0.29, 0.717) is 28.6 Å². The zero-order chi connectivity index (χ0) is 29.3. The number of amides is 2. The summed E-state index contributed by atoms with van der Waals surface area (Å²) >= 11 is 0. The minimum Gasteiger partial charge on any atom is -0.382 e. The first-order valence-corrected chi connectivity index (χ1v) is 14.8. The second kappa shape index (κ2) is 11.5. The molecule has 220 valence electrons. The van der Waals surface area contributed by atoms with Gasteiger partial charge in [0.2, 0.25) is 5.91 Å². The van der Waals surface area contributed by atoms with E-state index >= 15 is 0 Å². The van der Waals surface area contributed by atoms with Gasteiger partial charge in [-0.25, -0.2) is 9.50 Å². The molecule has 0 unspecified atom stereocenters. The highest BCUT2D eigenvalue weighted by Gasteiger charge is 2.24. The molecular formula is C32H35N9O2. The van der Waals surface area contributed by atoms with Gasteiger partial charge in [0.25, 0.3) is 5.91 Å². The smallest absolute Gasteiger partial charge is 0.254 e. The maximum atomic E-state index is 12.1. The Labute approximate surface area is 250 Å². The third-order valence-electron chi connectivity index (χ3n) is 7.99. The van der Waals surface area contributed by atoms with Crippen LogP contribution in [0.2, 0.25) is 0 Å². The average Bonchev–Trinajstić information content (AvgIpc) is 3.62. The van der Waals surface area contributed by atoms with Crippen LogP contribution in [0.5, 0.6) is 0 Å². The van der Waals surface area contributed by atoms with Crippen LogP contribution in [0.4, 0.5) is 28.6 Å². The minimum absolute atomic E-state index is 0.0590. The molecule has 4 aromatic rings. The standard InChI is InChI=1S/C32H35N9O2/c1-39-9-11-40(12-10-39)20-21-3-2-4-25(13-21)35-27-16-26(34-24-5-6-24)17-28(18-27)36-29-7-8-41-31(37-29)23(19-33-41)14-22-15-30(42)38-32(22)43/h2-4,7-8,13-14,16-19,24,34-35H,5-6,9-12,15,20H2,1H3,(H,36,37)(H,38,42,43)/b22-14-. The molecule has 0 spiro atoms. The number of hydrogen-bond donors (Lipinski definition) is 4. The number of nitrogens with one attached hydrogen (secondary N) is 4. The number of carbonyl (C=O) groups excluding carboxylic acids is 2. The first-order chi connectivity index (χ1) is 20.9. The monoisotopic (exact) mass is 577 g/mol. The van der Waals surface area contributed by atoms with Crippen LogP contribution in [0, 0.1) is 0 Å². The molecule has 1 aliphatic carbocycles. The predicted molar refractivity (Wildman–Crippen MR) is 168 cm³/mol. The highest BCUT2D eigenvalue weighted by atomic mass is 16.2. The van der Waals surface area contributed by atoms with E-state index < -0.39 is 0 Å². The largest absolute Gasteiger partial charge is 0.382 e. The first-order valence-electron chi connectivity index (χ1n) is 14.8. The van der Waals surface area contributed by atoms with Gasteiger partial charge in [-0.2, -0.15) is 5.10 Å². The molecule has 0 atom stereocenters. The quantitative estimate of drug-likeness (QED) is 0.173. The van der Waals surface area contributed by atoms with Crippen LogP contribution in [0.3, 0.4) is 0 Å². The molecule has 2 aliphatic heterocycles. The van der Waals surface area contributed by atoms with E-state index in [2.05, 4.69) is 85.7 Å². The van der Waals surface area contributed by atoms with Gasteiger partial charge in [-0.3, -0.25) is 19.8 Å². The van der Waals surface area contributed by atoms with Crippen molar-refractivity contribution in [1.82, 2.24) is 29.7 Å². The predicted octanol–water partition coefficient (Wildman–Crippen LogP) is 3.97. The van der Waals surface area contributed by atoms with Gasteiger partial charge >= 0.3 is 0 Å². The van der Waals surface area contributed by atoms with Crippen LogP contribution in [0.15, 0.2) is 66.5 Å². The molecule has 2 aromatic heterocycles. The van der Waals surface area contributed by atoms with E-state index in [1.807, 2.05) is 12.3 Å². The van der Waals surface area contributed by atoms with Gasteiger partial charge in [-0.15, -0.1) is 0 Å². The molecule has 3 aliphatic rings. The van der Waals surface area contributed by atoms with Crippen LogP contribution in [0.1, 0.15) is 30.4 Å². The zero-order valence-electron chi connectivity index (χ0n) is 24.1. The van der Waals surface area contributed by atoms with Crippen molar-refractivity contribution in [2.75, 3.05) is 49.2 Å². The Morgan fingerprint density at radius 1 is 0.953 bits per heavy atom. The van der Waals surface area contributed by atoms with Crippen molar-refractivity contribution in [1.29, 1.82) is 0 Å². The van der Waals surface area contributed by atoms with Gasteiger partial charge in [0, 0.05) is 78.8 Å². The number of hydrogen-bond acceptors (Lipinski definition) is 9. The van der Waals surface area contributed by atoms with Gasteiger partial charge in [0.05, 0.1) is 12.6 Å². The van der Waals surface area contributed by atoms with E-state index in [0.717, 1.165) is 55.5 Å². The second-order valence-electron chi connectivity index (χ2n) is 11.7. The summed E-state index contributed by atoms with van der Waals surface area (Å²) in [6.07, 6.45) is 7.56. The lowest BCUT2D eigenvalue weighted by Crippen LogP contribution is -2.43. The van der Waals surface area contributed by atoms with E-state index in [4.69, 9.17) is 4.98 Å². The van der Waals surface area contributed by atoms with Crippen LogP contribution in [0.25, 0.3) is 11.7 Å². The Balaban J connectivity index is 1.12. The maximum absolute atomic E-state index is 12.1. The number of rotatable bonds is 9. The van der Waals surface area contributed by atoms with E-state index in [1.165, 1.54) is 18.4 Å². The molecule has 2 aromatic carbocycles. The summed E-state index contributed by atoms with van der Waals surface area (Å²) in [5.41, 5.74) is 6.91. The lowest BCUT2D eigenvalue weighted by atomic mass is 10.1. The van der Waals surface area contributed by atoms with Crippen molar-refractivity contribution < 1.29 is 9.59 Å². The first kappa shape index (κ1) is 27.1. The zero-order valence-corrected chi connectivity index (χ0v) is 24.1. The van der Waals surface area contributed by atoms with E-state index in [9.17, 15) is 9.59 Å². The van der Waals surface area contributed by atoms with Gasteiger partial charge in [0.15, 0.2) is 5.65 Å². The SMILES string of the molecule is CN1CCN(Cc2cccc(Nc3cc(Nc4ccn5ncc(/C=C6/CC(=O)NC6=O)c5n4)cc(NC4CC4)c3)c2)CC1. The summed E-state index contributed by atoms with van der Waals surface area (Å²) in [6.45, 7) is 5.33. The summed E-state index contributed by atoms with van der Waals surface area (Å²) in [5.74, 6) is -0.0271. The van der Waals surface area contributed by atoms with E-state index in [-0.39, 0.29) is 18.2 Å². The second-order valence-corrected chi connectivity index (χ2v) is 11.7. The molecule has 0 bridgehead atoms. The Hall–Kier alpha value is -4.74. The Bertz CT molecular complexity index is 1720. The fourth-order valence-electron chi connectivity index (χ4n) is 5.51. The summed E-state index contributed by atoms with van der Waals surface area (Å²) < 4.78 is 1.65. The maximum Gasteiger partial charge on any atom is 0.254 e. The summed E-state index contributed by atoms with van der Waals surface area (Å²) in [5, 5.41) is 17.4. The molecule has 2 amide bonds. The summed E-state index contributed by atoms with van der Waals surface area (Å²) in [7, 11) is 2.18. The van der Waals surface area contributed by atoms with Crippen LogP contribution < -0.4 is 21.3 Å². The molecule has 4 N–H and O–H groups in total. The molecule has 2 saturated heterocycles. The molecular weight excluding hydrogens is 542 g/mol. The molecule has 4 heterocycles. The topological polar surface area (TPSA) is 119 Å². The number of nitrogens with zero attached hydrogens (tertiary/aromatic N) is 5. The van der Waals surface area contributed by atoms with Crippen molar-refractivity contribution in [2.45, 2.75) is 31.8 Å². The lowest BCUT2D eigenvalue weighted by Gasteiger charge is -2.32. The summed E-state index contributed by atoms with van der Waals surface area (Å²) in [4.78, 5) is 33.4. The highest BCUT2D eigenvalue weighted by molar-refractivity contribution is 6.15. The number of imide groups is 1. The number of benzene rings is 2. The van der Waals surface area contributed by atoms with Crippen molar-refractivity contribution in [2.24, 2.45) is 0 Å². The Kier molecular flexibility index (Phi) is 7.25. The molecule has 3 fully saturated rings. The average molecular weight is 578 g/mol. The van der Waals surface area contributed by atoms with Crippen molar-refractivity contribution >= 4 is 52.1 Å². The molecule has 11 heteroatoms. The van der Waals surface area contributed by atoms with Crippen LogP contribution in [-0.4, -0.2) is 75.5 Å². The van der Waals surface area contributed by atoms with Crippen molar-refractivity contribution in [3.63, 3.8) is 0 Å². The third-order valence-corrected chi connectivity index (χ3v) is 7.99. The fraction of sp³-hybridized carbons (Fsp3) is 0.312. The van der Waals surface area contributed by atoms with Crippen LogP contribution in [-0.2, 0) is 16.1 Å². The van der Waals surface area contributed by atoms with Crippen molar-refractivity contribution in [3.05, 3.63) is 77.6 Å². The number of fused-ring (bicyclic) bond motifs is 1. The fourth-order valence-corrected chi connectivity index (χ4v) is 5.51. The van der Waals surface area contributed by atoms with Gasteiger partial charge in [-0.05, 0) is 67.9 Å². The molecule has 11 nitrogen and oxygen atoms in total. The molecule has 0 radical (unpaired) electrons.